The van der Waals surface area contributed by atoms with Crippen LogP contribution in [0.3, 0.4) is 0 Å². The summed E-state index contributed by atoms with van der Waals surface area (Å²) in [4.78, 5) is 19.2. The van der Waals surface area contributed by atoms with Crippen LogP contribution in [0.25, 0.3) is 0 Å². The molecule has 1 heterocycles. The minimum Gasteiger partial charge on any atom is -0.496 e. The number of rotatable bonds is 5. The van der Waals surface area contributed by atoms with E-state index in [1.807, 2.05) is 42.5 Å². The minimum absolute atomic E-state index is 0.220. The highest BCUT2D eigenvalue weighted by molar-refractivity contribution is 6.31. The molecule has 0 spiro atoms. The molecular weight excluding hydrogens is 336 g/mol. The molecule has 3 aromatic rings. The Bertz CT molecular complexity index is 854. The molecular formula is C20H17ClN2O2. The van der Waals surface area contributed by atoms with Crippen LogP contribution < -0.4 is 9.64 Å². The normalized spacial score (nSPS) is 10.3. The van der Waals surface area contributed by atoms with Gasteiger partial charge in [0.25, 0.3) is 5.91 Å². The second-order valence-corrected chi connectivity index (χ2v) is 5.85. The number of nitrogens with zero attached hydrogens (tertiary/aromatic N) is 2. The third-order valence-corrected chi connectivity index (χ3v) is 3.98. The summed E-state index contributed by atoms with van der Waals surface area (Å²) < 4.78 is 5.33. The van der Waals surface area contributed by atoms with Crippen molar-refractivity contribution in [2.24, 2.45) is 0 Å². The second kappa shape index (κ2) is 7.81. The molecule has 0 aliphatic rings. The second-order valence-electron chi connectivity index (χ2n) is 5.41. The van der Waals surface area contributed by atoms with E-state index in [1.54, 1.807) is 35.4 Å². The third kappa shape index (κ3) is 3.98. The quantitative estimate of drug-likeness (QED) is 0.674. The van der Waals surface area contributed by atoms with Crippen molar-refractivity contribution in [2.45, 2.75) is 6.54 Å². The maximum Gasteiger partial charge on any atom is 0.263 e. The number of hydrogen-bond donors (Lipinski definition) is 0. The number of halogens is 1. The first-order chi connectivity index (χ1) is 12.2. The molecule has 0 saturated heterocycles. The van der Waals surface area contributed by atoms with Gasteiger partial charge in [0.15, 0.2) is 0 Å². The molecule has 0 fully saturated rings. The van der Waals surface area contributed by atoms with E-state index in [-0.39, 0.29) is 5.91 Å². The monoisotopic (exact) mass is 352 g/mol. The van der Waals surface area contributed by atoms with Crippen LogP contribution in [0.5, 0.6) is 5.75 Å². The first kappa shape index (κ1) is 17.0. The van der Waals surface area contributed by atoms with Gasteiger partial charge in [-0.25, -0.2) is 4.98 Å². The number of benzene rings is 2. The summed E-state index contributed by atoms with van der Waals surface area (Å²) in [6, 6.07) is 20.2. The number of carbonyl (C=O) groups is 1. The molecule has 0 N–H and O–H groups in total. The van der Waals surface area contributed by atoms with Crippen LogP contribution in [-0.2, 0) is 6.54 Å². The van der Waals surface area contributed by atoms with E-state index in [0.717, 1.165) is 5.56 Å². The smallest absolute Gasteiger partial charge is 0.263 e. The Kier molecular flexibility index (Phi) is 5.31. The van der Waals surface area contributed by atoms with Gasteiger partial charge in [-0.15, -0.1) is 0 Å². The lowest BCUT2D eigenvalue weighted by Crippen LogP contribution is -2.31. The zero-order valence-corrected chi connectivity index (χ0v) is 14.5. The molecule has 0 aliphatic carbocycles. The van der Waals surface area contributed by atoms with Crippen LogP contribution >= 0.6 is 11.6 Å². The highest BCUT2D eigenvalue weighted by Crippen LogP contribution is 2.26. The number of anilines is 1. The fraction of sp³-hybridized carbons (Fsp3) is 0.100. The SMILES string of the molecule is COc1ccc(Cl)cc1C(=O)N(Cc1ccccc1)c1ccccn1. The fourth-order valence-electron chi connectivity index (χ4n) is 2.53. The number of carbonyl (C=O) groups excluding carboxylic acids is 1. The van der Waals surface area contributed by atoms with Gasteiger partial charge in [0.1, 0.15) is 11.6 Å². The lowest BCUT2D eigenvalue weighted by Gasteiger charge is -2.23. The number of methoxy groups -OCH3 is 1. The molecule has 25 heavy (non-hydrogen) atoms. The minimum atomic E-state index is -0.220. The Hall–Kier alpha value is -2.85. The van der Waals surface area contributed by atoms with Crippen molar-refractivity contribution in [3.05, 3.63) is 89.1 Å². The molecule has 0 saturated carbocycles. The van der Waals surface area contributed by atoms with Gasteiger partial charge in [-0.2, -0.15) is 0 Å². The Morgan fingerprint density at radius 3 is 2.52 bits per heavy atom. The van der Waals surface area contributed by atoms with E-state index in [9.17, 15) is 4.79 Å². The van der Waals surface area contributed by atoms with Gasteiger partial charge in [0.05, 0.1) is 19.2 Å². The van der Waals surface area contributed by atoms with Gasteiger partial charge in [0, 0.05) is 11.2 Å². The largest absolute Gasteiger partial charge is 0.496 e. The van der Waals surface area contributed by atoms with Crippen molar-refractivity contribution in [1.29, 1.82) is 0 Å². The molecule has 3 rings (SSSR count). The molecule has 0 aliphatic heterocycles. The van der Waals surface area contributed by atoms with Crippen LogP contribution in [0.4, 0.5) is 5.82 Å². The van der Waals surface area contributed by atoms with E-state index in [2.05, 4.69) is 4.98 Å². The summed E-state index contributed by atoms with van der Waals surface area (Å²) in [7, 11) is 1.53. The van der Waals surface area contributed by atoms with Crippen LogP contribution in [0.15, 0.2) is 72.9 Å². The molecule has 1 amide bonds. The Morgan fingerprint density at radius 2 is 1.84 bits per heavy atom. The van der Waals surface area contributed by atoms with Gasteiger partial charge in [0.2, 0.25) is 0 Å². The molecule has 2 aromatic carbocycles. The summed E-state index contributed by atoms with van der Waals surface area (Å²) >= 11 is 6.09. The van der Waals surface area contributed by atoms with E-state index >= 15 is 0 Å². The molecule has 0 atom stereocenters. The van der Waals surface area contributed by atoms with Crippen LogP contribution in [0.1, 0.15) is 15.9 Å². The summed E-state index contributed by atoms with van der Waals surface area (Å²) in [5, 5.41) is 0.477. The maximum absolute atomic E-state index is 13.2. The summed E-state index contributed by atoms with van der Waals surface area (Å²) in [5.41, 5.74) is 1.40. The highest BCUT2D eigenvalue weighted by Gasteiger charge is 2.22. The molecule has 126 valence electrons. The van der Waals surface area contributed by atoms with Crippen molar-refractivity contribution in [2.75, 3.05) is 12.0 Å². The average Bonchev–Trinajstić information content (AvgIpc) is 2.67. The maximum atomic E-state index is 13.2. The van der Waals surface area contributed by atoms with Gasteiger partial charge in [-0.05, 0) is 35.9 Å². The predicted octanol–water partition coefficient (Wildman–Crippen LogP) is 4.59. The van der Waals surface area contributed by atoms with Crippen LogP contribution in [-0.4, -0.2) is 18.0 Å². The van der Waals surface area contributed by atoms with Gasteiger partial charge < -0.3 is 4.74 Å². The number of aromatic nitrogens is 1. The number of hydrogen-bond acceptors (Lipinski definition) is 3. The first-order valence-electron chi connectivity index (χ1n) is 7.79. The van der Waals surface area contributed by atoms with Crippen molar-refractivity contribution in [3.63, 3.8) is 0 Å². The predicted molar refractivity (Wildman–Crippen MR) is 99.2 cm³/mol. The molecule has 0 bridgehead atoms. The van der Waals surface area contributed by atoms with E-state index in [0.29, 0.717) is 28.7 Å². The number of ether oxygens (including phenoxy) is 1. The standard InChI is InChI=1S/C20H17ClN2O2/c1-25-18-11-10-16(21)13-17(18)20(24)23(19-9-5-6-12-22-19)14-15-7-3-2-4-8-15/h2-13H,14H2,1H3. The van der Waals surface area contributed by atoms with Crippen molar-refractivity contribution >= 4 is 23.3 Å². The first-order valence-corrected chi connectivity index (χ1v) is 8.17. The van der Waals surface area contributed by atoms with Gasteiger partial charge in [-0.1, -0.05) is 48.0 Å². The molecule has 4 nitrogen and oxygen atoms in total. The zero-order chi connectivity index (χ0) is 17.6. The summed E-state index contributed by atoms with van der Waals surface area (Å²) in [5.74, 6) is 0.823. The topological polar surface area (TPSA) is 42.4 Å². The molecule has 5 heteroatoms. The van der Waals surface area contributed by atoms with E-state index in [4.69, 9.17) is 16.3 Å². The molecule has 0 radical (unpaired) electrons. The Balaban J connectivity index is 2.02. The van der Waals surface area contributed by atoms with E-state index < -0.39 is 0 Å². The van der Waals surface area contributed by atoms with Crippen molar-refractivity contribution in [3.8, 4) is 5.75 Å². The third-order valence-electron chi connectivity index (χ3n) is 3.75. The highest BCUT2D eigenvalue weighted by atomic mass is 35.5. The van der Waals surface area contributed by atoms with Gasteiger partial charge in [-0.3, -0.25) is 9.69 Å². The zero-order valence-electron chi connectivity index (χ0n) is 13.7. The Morgan fingerprint density at radius 1 is 1.08 bits per heavy atom. The molecule has 1 aromatic heterocycles. The fourth-order valence-corrected chi connectivity index (χ4v) is 2.70. The molecule has 0 unspecified atom stereocenters. The van der Waals surface area contributed by atoms with Gasteiger partial charge >= 0.3 is 0 Å². The van der Waals surface area contributed by atoms with E-state index in [1.165, 1.54) is 7.11 Å². The summed E-state index contributed by atoms with van der Waals surface area (Å²) in [6.07, 6.45) is 1.66. The van der Waals surface area contributed by atoms with Crippen LogP contribution in [0, 0.1) is 0 Å². The lowest BCUT2D eigenvalue weighted by molar-refractivity contribution is 0.0981. The summed E-state index contributed by atoms with van der Waals surface area (Å²) in [6.45, 7) is 0.395. The van der Waals surface area contributed by atoms with Crippen LogP contribution in [0.2, 0.25) is 5.02 Å². The number of pyridine rings is 1. The average molecular weight is 353 g/mol. The van der Waals surface area contributed by atoms with Crippen molar-refractivity contribution < 1.29 is 9.53 Å². The lowest BCUT2D eigenvalue weighted by atomic mass is 10.1. The van der Waals surface area contributed by atoms with Crippen molar-refractivity contribution in [1.82, 2.24) is 4.98 Å². The Labute approximate surface area is 151 Å². The number of amides is 1.